The normalized spacial score (nSPS) is 14.7. The number of ether oxygens (including phenoxy) is 2. The SMILES string of the molecule is COc1cc(/C(C#N)=C/c2cccc3c2C=CC(C)(C)O3)ccc1OS(=O)(=O)c1cccc(C(F)(F)F)c1. The summed E-state index contributed by atoms with van der Waals surface area (Å²) in [7, 11) is -3.34. The molecule has 3 aromatic carbocycles. The van der Waals surface area contributed by atoms with Crippen LogP contribution in [0.25, 0.3) is 17.7 Å². The van der Waals surface area contributed by atoms with Crippen molar-refractivity contribution in [3.8, 4) is 23.3 Å². The summed E-state index contributed by atoms with van der Waals surface area (Å²) in [6.07, 6.45) is 0.787. The Balaban J connectivity index is 1.67. The minimum absolute atomic E-state index is 0.0285. The van der Waals surface area contributed by atoms with Gasteiger partial charge in [0.25, 0.3) is 0 Å². The summed E-state index contributed by atoms with van der Waals surface area (Å²) in [5.74, 6) is 0.394. The summed E-state index contributed by atoms with van der Waals surface area (Å²) in [6, 6.07) is 15.0. The number of nitriles is 1. The van der Waals surface area contributed by atoms with E-state index in [1.807, 2.05) is 44.2 Å². The first kappa shape index (κ1) is 26.8. The molecule has 38 heavy (non-hydrogen) atoms. The molecule has 0 N–H and O–H groups in total. The van der Waals surface area contributed by atoms with Crippen LogP contribution in [-0.2, 0) is 16.3 Å². The molecule has 1 aliphatic rings. The zero-order valence-corrected chi connectivity index (χ0v) is 21.4. The molecule has 0 unspecified atom stereocenters. The van der Waals surface area contributed by atoms with Crippen LogP contribution in [-0.4, -0.2) is 21.1 Å². The number of nitrogens with zero attached hydrogens (tertiary/aromatic N) is 1. The average Bonchev–Trinajstić information content (AvgIpc) is 2.86. The van der Waals surface area contributed by atoms with Crippen LogP contribution in [0.5, 0.6) is 17.2 Å². The zero-order valence-electron chi connectivity index (χ0n) is 20.5. The maximum Gasteiger partial charge on any atom is 0.416 e. The molecule has 0 aliphatic carbocycles. The van der Waals surface area contributed by atoms with Gasteiger partial charge in [0.05, 0.1) is 24.3 Å². The molecule has 0 saturated heterocycles. The number of alkyl halides is 3. The second-order valence-corrected chi connectivity index (χ2v) is 10.4. The van der Waals surface area contributed by atoms with Gasteiger partial charge in [-0.05, 0) is 79.6 Å². The Morgan fingerprint density at radius 2 is 1.79 bits per heavy atom. The zero-order chi connectivity index (χ0) is 27.7. The fourth-order valence-corrected chi connectivity index (χ4v) is 4.78. The number of hydrogen-bond acceptors (Lipinski definition) is 6. The van der Waals surface area contributed by atoms with Crippen LogP contribution in [0, 0.1) is 11.3 Å². The Bertz CT molecular complexity index is 1600. The van der Waals surface area contributed by atoms with E-state index in [2.05, 4.69) is 6.07 Å². The van der Waals surface area contributed by atoms with Gasteiger partial charge in [0.15, 0.2) is 11.5 Å². The lowest BCUT2D eigenvalue weighted by atomic mass is 9.96. The van der Waals surface area contributed by atoms with Gasteiger partial charge in [-0.1, -0.05) is 24.3 Å². The van der Waals surface area contributed by atoms with Crippen molar-refractivity contribution in [3.63, 3.8) is 0 Å². The lowest BCUT2D eigenvalue weighted by Crippen LogP contribution is -2.27. The number of allylic oxidation sites excluding steroid dienone is 1. The minimum atomic E-state index is -4.72. The Morgan fingerprint density at radius 3 is 2.47 bits per heavy atom. The molecule has 0 atom stereocenters. The minimum Gasteiger partial charge on any atom is -0.493 e. The van der Waals surface area contributed by atoms with Gasteiger partial charge in [0.1, 0.15) is 16.2 Å². The molecule has 4 rings (SSSR count). The lowest BCUT2D eigenvalue weighted by Gasteiger charge is -2.28. The second-order valence-electron chi connectivity index (χ2n) is 8.90. The van der Waals surface area contributed by atoms with Crippen molar-refractivity contribution in [3.05, 3.63) is 89.0 Å². The summed E-state index contributed by atoms with van der Waals surface area (Å²) in [5, 5.41) is 9.86. The molecule has 3 aromatic rings. The van der Waals surface area contributed by atoms with Crippen LogP contribution in [0.2, 0.25) is 0 Å². The molecule has 0 radical (unpaired) electrons. The smallest absolute Gasteiger partial charge is 0.416 e. The van der Waals surface area contributed by atoms with Crippen LogP contribution in [0.15, 0.2) is 71.6 Å². The Morgan fingerprint density at radius 1 is 1.05 bits per heavy atom. The Kier molecular flexibility index (Phi) is 7.00. The van der Waals surface area contributed by atoms with E-state index < -0.39 is 32.4 Å². The van der Waals surface area contributed by atoms with Crippen molar-refractivity contribution in [1.82, 2.24) is 0 Å². The first-order chi connectivity index (χ1) is 17.8. The summed E-state index contributed by atoms with van der Waals surface area (Å²) < 4.78 is 80.9. The number of fused-ring (bicyclic) bond motifs is 1. The van der Waals surface area contributed by atoms with Gasteiger partial charge in [0.2, 0.25) is 0 Å². The molecule has 6 nitrogen and oxygen atoms in total. The summed E-state index contributed by atoms with van der Waals surface area (Å²) in [4.78, 5) is -0.664. The van der Waals surface area contributed by atoms with Gasteiger partial charge in [-0.2, -0.15) is 26.9 Å². The van der Waals surface area contributed by atoms with Crippen molar-refractivity contribution >= 4 is 27.8 Å². The number of hydrogen-bond donors (Lipinski definition) is 0. The molecular weight excluding hydrogens is 519 g/mol. The van der Waals surface area contributed by atoms with Crippen molar-refractivity contribution in [2.45, 2.75) is 30.5 Å². The van der Waals surface area contributed by atoms with Gasteiger partial charge in [-0.25, -0.2) is 0 Å². The van der Waals surface area contributed by atoms with Crippen molar-refractivity contribution in [2.75, 3.05) is 7.11 Å². The van der Waals surface area contributed by atoms with E-state index in [-0.39, 0.29) is 17.1 Å². The highest BCUT2D eigenvalue weighted by molar-refractivity contribution is 7.87. The van der Waals surface area contributed by atoms with Gasteiger partial charge in [-0.15, -0.1) is 0 Å². The molecule has 0 bridgehead atoms. The van der Waals surface area contributed by atoms with Crippen LogP contribution >= 0.6 is 0 Å². The largest absolute Gasteiger partial charge is 0.493 e. The number of methoxy groups -OCH3 is 1. The van der Waals surface area contributed by atoms with Crippen LogP contribution in [0.4, 0.5) is 13.2 Å². The van der Waals surface area contributed by atoms with E-state index in [4.69, 9.17) is 13.7 Å². The van der Waals surface area contributed by atoms with E-state index in [9.17, 15) is 26.9 Å². The molecule has 10 heteroatoms. The topological polar surface area (TPSA) is 85.6 Å². The predicted octanol–water partition coefficient (Wildman–Crippen LogP) is 6.73. The predicted molar refractivity (Wildman–Crippen MR) is 136 cm³/mol. The average molecular weight is 542 g/mol. The number of halogens is 3. The standard InChI is InChI=1S/C28H22F3NO5S/c1-27(2)13-12-23-19(6-4-9-24(23)36-27)14-20(17-32)18-10-11-25(26(15-18)35-3)37-38(33,34)22-8-5-7-21(16-22)28(29,30)31/h4-16H,1-3H3/b20-14+. The van der Waals surface area contributed by atoms with E-state index in [1.54, 1.807) is 6.08 Å². The van der Waals surface area contributed by atoms with Crippen LogP contribution in [0.3, 0.4) is 0 Å². The van der Waals surface area contributed by atoms with Crippen LogP contribution in [0.1, 0.15) is 36.1 Å². The third kappa shape index (κ3) is 5.68. The first-order valence-corrected chi connectivity index (χ1v) is 12.7. The molecule has 0 fully saturated rings. The number of benzene rings is 3. The summed E-state index contributed by atoms with van der Waals surface area (Å²) in [5.41, 5.74) is 0.607. The Hall–Kier alpha value is -4.23. The molecule has 0 spiro atoms. The third-order valence-corrected chi connectivity index (χ3v) is 6.90. The highest BCUT2D eigenvalue weighted by atomic mass is 32.2. The maximum atomic E-state index is 13.0. The highest BCUT2D eigenvalue weighted by Crippen LogP contribution is 2.37. The van der Waals surface area contributed by atoms with E-state index >= 15 is 0 Å². The summed E-state index contributed by atoms with van der Waals surface area (Å²) >= 11 is 0. The molecule has 0 amide bonds. The van der Waals surface area contributed by atoms with E-state index in [0.717, 1.165) is 29.3 Å². The Labute approximate surface area is 218 Å². The number of rotatable bonds is 6. The van der Waals surface area contributed by atoms with Gasteiger partial charge in [0, 0.05) is 5.56 Å². The fourth-order valence-electron chi connectivity index (χ4n) is 3.79. The molecule has 1 aliphatic heterocycles. The van der Waals surface area contributed by atoms with Crippen LogP contribution < -0.4 is 13.7 Å². The maximum absolute atomic E-state index is 13.0. The highest BCUT2D eigenvalue weighted by Gasteiger charge is 2.32. The van der Waals surface area contributed by atoms with Crippen molar-refractivity contribution in [1.29, 1.82) is 5.26 Å². The third-order valence-electron chi connectivity index (χ3n) is 5.67. The van der Waals surface area contributed by atoms with Gasteiger partial charge < -0.3 is 13.7 Å². The molecular formula is C28H22F3NO5S. The van der Waals surface area contributed by atoms with Gasteiger partial charge >= 0.3 is 16.3 Å². The molecule has 0 aromatic heterocycles. The fraction of sp³-hybridized carbons (Fsp3) is 0.179. The van der Waals surface area contributed by atoms with Gasteiger partial charge in [-0.3, -0.25) is 0 Å². The van der Waals surface area contributed by atoms with E-state index in [1.165, 1.54) is 25.3 Å². The first-order valence-electron chi connectivity index (χ1n) is 11.3. The molecule has 0 saturated carbocycles. The monoisotopic (exact) mass is 541 g/mol. The summed E-state index contributed by atoms with van der Waals surface area (Å²) in [6.45, 7) is 3.86. The van der Waals surface area contributed by atoms with E-state index in [0.29, 0.717) is 17.4 Å². The lowest BCUT2D eigenvalue weighted by molar-refractivity contribution is -0.137. The quantitative estimate of drug-likeness (QED) is 0.195. The van der Waals surface area contributed by atoms with Crippen molar-refractivity contribution < 1.29 is 35.2 Å². The van der Waals surface area contributed by atoms with Crippen molar-refractivity contribution in [2.24, 2.45) is 0 Å². The molecule has 1 heterocycles. The molecule has 196 valence electrons. The second kappa shape index (κ2) is 9.91.